The van der Waals surface area contributed by atoms with Gasteiger partial charge in [-0.1, -0.05) is 36.4 Å². The number of amides is 1. The van der Waals surface area contributed by atoms with Crippen molar-refractivity contribution in [1.82, 2.24) is 20.3 Å². The highest BCUT2D eigenvalue weighted by Crippen LogP contribution is 2.29. The highest BCUT2D eigenvalue weighted by molar-refractivity contribution is 7.88. The summed E-state index contributed by atoms with van der Waals surface area (Å²) >= 11 is 0. The third-order valence-electron chi connectivity index (χ3n) is 6.73. The Balaban J connectivity index is 1.53. The SMILES string of the molecule is CNC[C@H]1CC[C@H](CNC(=O)c2cc(-c3cccc(CNS(C)(=O)=O)c3)nc3ccccc23)CC1. The minimum absolute atomic E-state index is 0.0860. The molecule has 1 fully saturated rings. The van der Waals surface area contributed by atoms with Crippen LogP contribution in [0.2, 0.25) is 0 Å². The number of nitrogens with one attached hydrogen (secondary N) is 3. The van der Waals surface area contributed by atoms with Crippen LogP contribution in [0.15, 0.2) is 54.6 Å². The second-order valence-electron chi connectivity index (χ2n) is 9.52. The van der Waals surface area contributed by atoms with Gasteiger partial charge in [0.05, 0.1) is 23.0 Å². The van der Waals surface area contributed by atoms with E-state index < -0.39 is 10.0 Å². The molecule has 3 N–H and O–H groups in total. The van der Waals surface area contributed by atoms with E-state index in [2.05, 4.69) is 15.4 Å². The Morgan fingerprint density at radius 3 is 2.40 bits per heavy atom. The lowest BCUT2D eigenvalue weighted by Gasteiger charge is -2.28. The summed E-state index contributed by atoms with van der Waals surface area (Å²) in [4.78, 5) is 18.1. The van der Waals surface area contributed by atoms with Crippen molar-refractivity contribution in [1.29, 1.82) is 0 Å². The van der Waals surface area contributed by atoms with Crippen molar-refractivity contribution in [2.24, 2.45) is 11.8 Å². The molecule has 0 radical (unpaired) electrons. The largest absolute Gasteiger partial charge is 0.352 e. The van der Waals surface area contributed by atoms with E-state index >= 15 is 0 Å². The van der Waals surface area contributed by atoms with Gasteiger partial charge in [-0.05, 0) is 74.9 Å². The third-order valence-corrected chi connectivity index (χ3v) is 7.40. The zero-order chi connectivity index (χ0) is 24.8. The maximum Gasteiger partial charge on any atom is 0.252 e. The minimum atomic E-state index is -3.29. The monoisotopic (exact) mass is 494 g/mol. The van der Waals surface area contributed by atoms with Crippen LogP contribution < -0.4 is 15.4 Å². The van der Waals surface area contributed by atoms with Gasteiger partial charge in [-0.15, -0.1) is 0 Å². The van der Waals surface area contributed by atoms with Gasteiger partial charge in [-0.25, -0.2) is 18.1 Å². The molecule has 0 atom stereocenters. The molecule has 0 saturated heterocycles. The number of carbonyl (C=O) groups is 1. The summed E-state index contributed by atoms with van der Waals surface area (Å²) < 4.78 is 25.5. The highest BCUT2D eigenvalue weighted by Gasteiger charge is 2.22. The maximum atomic E-state index is 13.3. The van der Waals surface area contributed by atoms with Crippen molar-refractivity contribution in [3.63, 3.8) is 0 Å². The molecule has 0 aliphatic heterocycles. The van der Waals surface area contributed by atoms with E-state index in [-0.39, 0.29) is 12.5 Å². The van der Waals surface area contributed by atoms with Crippen molar-refractivity contribution in [2.75, 3.05) is 26.4 Å². The van der Waals surface area contributed by atoms with Crippen LogP contribution in [-0.2, 0) is 16.6 Å². The molecule has 186 valence electrons. The fourth-order valence-electron chi connectivity index (χ4n) is 4.83. The molecule has 7 nitrogen and oxygen atoms in total. The first-order chi connectivity index (χ1) is 16.8. The van der Waals surface area contributed by atoms with Crippen LogP contribution in [0.5, 0.6) is 0 Å². The quantitative estimate of drug-likeness (QED) is 0.421. The molecule has 1 aliphatic carbocycles. The van der Waals surface area contributed by atoms with Gasteiger partial charge in [0.1, 0.15) is 0 Å². The van der Waals surface area contributed by atoms with E-state index in [1.807, 2.05) is 61.6 Å². The first-order valence-corrected chi connectivity index (χ1v) is 14.1. The predicted octanol–water partition coefficient (Wildman–Crippen LogP) is 3.71. The summed E-state index contributed by atoms with van der Waals surface area (Å²) in [6, 6.07) is 17.1. The molecule has 8 heteroatoms. The molecule has 35 heavy (non-hydrogen) atoms. The zero-order valence-electron chi connectivity index (χ0n) is 20.4. The van der Waals surface area contributed by atoms with E-state index in [0.717, 1.165) is 53.6 Å². The number of pyridine rings is 1. The molecule has 4 rings (SSSR count). The number of nitrogens with zero attached hydrogens (tertiary/aromatic N) is 1. The summed E-state index contributed by atoms with van der Waals surface area (Å²) in [5.74, 6) is 1.16. The average molecular weight is 495 g/mol. The number of fused-ring (bicyclic) bond motifs is 1. The number of rotatable bonds is 9. The molecule has 0 bridgehead atoms. The fourth-order valence-corrected chi connectivity index (χ4v) is 5.26. The van der Waals surface area contributed by atoms with Crippen molar-refractivity contribution >= 4 is 26.8 Å². The van der Waals surface area contributed by atoms with Crippen LogP contribution in [0.25, 0.3) is 22.2 Å². The normalized spacial score (nSPS) is 18.5. The number of sulfonamides is 1. The van der Waals surface area contributed by atoms with Crippen molar-refractivity contribution in [3.05, 3.63) is 65.7 Å². The van der Waals surface area contributed by atoms with E-state index in [9.17, 15) is 13.2 Å². The third kappa shape index (κ3) is 6.87. The van der Waals surface area contributed by atoms with Crippen LogP contribution in [0.3, 0.4) is 0 Å². The van der Waals surface area contributed by atoms with Gasteiger partial charge in [0.2, 0.25) is 10.0 Å². The first kappa shape index (κ1) is 25.3. The molecule has 3 aromatic rings. The van der Waals surface area contributed by atoms with E-state index in [1.54, 1.807) is 0 Å². The Hall–Kier alpha value is -2.81. The van der Waals surface area contributed by atoms with Crippen molar-refractivity contribution in [2.45, 2.75) is 32.2 Å². The van der Waals surface area contributed by atoms with Gasteiger partial charge in [-0.2, -0.15) is 0 Å². The van der Waals surface area contributed by atoms with Crippen LogP contribution in [0, 0.1) is 11.8 Å². The average Bonchev–Trinajstić information content (AvgIpc) is 2.86. The Morgan fingerprint density at radius 2 is 1.69 bits per heavy atom. The van der Waals surface area contributed by atoms with Gasteiger partial charge in [0.25, 0.3) is 5.91 Å². The summed E-state index contributed by atoms with van der Waals surface area (Å²) in [6.45, 7) is 1.95. The molecule has 1 heterocycles. The summed E-state index contributed by atoms with van der Waals surface area (Å²) in [5, 5.41) is 7.27. The molecular formula is C27H34N4O3S. The molecule has 0 spiro atoms. The van der Waals surface area contributed by atoms with Crippen LogP contribution in [0.1, 0.15) is 41.6 Å². The Morgan fingerprint density at radius 1 is 0.971 bits per heavy atom. The molecule has 2 aromatic carbocycles. The second-order valence-corrected chi connectivity index (χ2v) is 11.4. The second kappa shape index (κ2) is 11.3. The first-order valence-electron chi connectivity index (χ1n) is 12.2. The summed E-state index contributed by atoms with van der Waals surface area (Å²) in [6.07, 6.45) is 5.83. The van der Waals surface area contributed by atoms with E-state index in [1.165, 1.54) is 12.8 Å². The number of benzene rings is 2. The smallest absolute Gasteiger partial charge is 0.252 e. The van der Waals surface area contributed by atoms with Gasteiger partial charge < -0.3 is 10.6 Å². The lowest BCUT2D eigenvalue weighted by Crippen LogP contribution is -2.32. The number of hydrogen-bond acceptors (Lipinski definition) is 5. The van der Waals surface area contributed by atoms with Gasteiger partial charge in [0.15, 0.2) is 0 Å². The highest BCUT2D eigenvalue weighted by atomic mass is 32.2. The maximum absolute atomic E-state index is 13.3. The Labute approximate surface area is 207 Å². The Bertz CT molecular complexity index is 1280. The van der Waals surface area contributed by atoms with Crippen LogP contribution in [-0.4, -0.2) is 45.7 Å². The van der Waals surface area contributed by atoms with Gasteiger partial charge >= 0.3 is 0 Å². The molecule has 0 unspecified atom stereocenters. The minimum Gasteiger partial charge on any atom is -0.352 e. The number of carbonyl (C=O) groups excluding carboxylic acids is 1. The van der Waals surface area contributed by atoms with Gasteiger partial charge in [0, 0.05) is 24.0 Å². The van der Waals surface area contributed by atoms with Crippen molar-refractivity contribution < 1.29 is 13.2 Å². The molecule has 1 saturated carbocycles. The van der Waals surface area contributed by atoms with Crippen LogP contribution in [0.4, 0.5) is 0 Å². The lowest BCUT2D eigenvalue weighted by molar-refractivity contribution is 0.0943. The van der Waals surface area contributed by atoms with E-state index in [4.69, 9.17) is 4.98 Å². The molecule has 1 aromatic heterocycles. The molecule has 1 aliphatic rings. The Kier molecular flexibility index (Phi) is 8.15. The van der Waals surface area contributed by atoms with Crippen LogP contribution >= 0.6 is 0 Å². The topological polar surface area (TPSA) is 100 Å². The van der Waals surface area contributed by atoms with Crippen molar-refractivity contribution in [3.8, 4) is 11.3 Å². The fraction of sp³-hybridized carbons (Fsp3) is 0.407. The molecule has 1 amide bonds. The summed E-state index contributed by atoms with van der Waals surface area (Å²) in [5.41, 5.74) is 3.70. The molecular weight excluding hydrogens is 460 g/mol. The number of aromatic nitrogens is 1. The zero-order valence-corrected chi connectivity index (χ0v) is 21.2. The summed E-state index contributed by atoms with van der Waals surface area (Å²) in [7, 11) is -1.29. The number of hydrogen-bond donors (Lipinski definition) is 3. The standard InChI is InChI=1S/C27H34N4O3S/c1-28-16-19-10-12-20(13-11-19)17-29-27(32)24-15-26(31-25-9-4-3-8-23(24)25)22-7-5-6-21(14-22)18-30-35(2,33)34/h3-9,14-15,19-20,28,30H,10-13,16-18H2,1-2H3,(H,29,32)/t19-,20-. The number of para-hydroxylation sites is 1. The lowest BCUT2D eigenvalue weighted by atomic mass is 9.82. The predicted molar refractivity (Wildman–Crippen MR) is 141 cm³/mol. The van der Waals surface area contributed by atoms with Gasteiger partial charge in [-0.3, -0.25) is 4.79 Å². The van der Waals surface area contributed by atoms with E-state index in [0.29, 0.717) is 23.7 Å².